The van der Waals surface area contributed by atoms with Crippen LogP contribution < -0.4 is 10.7 Å². The zero-order chi connectivity index (χ0) is 18.9. The Labute approximate surface area is 151 Å². The number of benzene rings is 1. The Morgan fingerprint density at radius 3 is 2.65 bits per heavy atom. The molecule has 0 saturated carbocycles. The summed E-state index contributed by atoms with van der Waals surface area (Å²) in [5, 5.41) is 25.6. The molecule has 0 spiro atoms. The number of para-hydroxylation sites is 1. The molecular formula is C18H19N7O. The number of aromatic nitrogens is 3. The third kappa shape index (κ3) is 3.32. The Morgan fingerprint density at radius 2 is 2.04 bits per heavy atom. The van der Waals surface area contributed by atoms with E-state index in [2.05, 4.69) is 26.1 Å². The number of nitriles is 1. The van der Waals surface area contributed by atoms with E-state index in [-0.39, 0.29) is 34.6 Å². The number of aromatic hydroxyl groups is 1. The molecule has 2 heterocycles. The van der Waals surface area contributed by atoms with Crippen LogP contribution in [-0.2, 0) is 0 Å². The molecule has 2 aromatic rings. The number of phenolic OH excluding ortho intramolecular Hbond substituents is 1. The van der Waals surface area contributed by atoms with Gasteiger partial charge in [0.15, 0.2) is 5.82 Å². The Bertz CT molecular complexity index is 956. The zero-order valence-electron chi connectivity index (χ0n) is 14.8. The fourth-order valence-electron chi connectivity index (χ4n) is 2.87. The number of hydrogen-bond donors (Lipinski definition) is 2. The summed E-state index contributed by atoms with van der Waals surface area (Å²) in [6, 6.07) is 8.75. The number of rotatable bonds is 3. The van der Waals surface area contributed by atoms with E-state index in [1.807, 2.05) is 20.8 Å². The second-order valence-electron chi connectivity index (χ2n) is 6.68. The lowest BCUT2D eigenvalue weighted by atomic mass is 9.99. The van der Waals surface area contributed by atoms with Crippen LogP contribution in [0.4, 0.5) is 11.9 Å². The Balaban J connectivity index is 2.07. The SMILES string of the molecule is CC1=NN(c2nc(N)nc(/C(C#N)=C/c3ccccc3O)n2)C(C)(C)C1. The van der Waals surface area contributed by atoms with Gasteiger partial charge in [-0.25, -0.2) is 5.01 Å². The van der Waals surface area contributed by atoms with Crippen molar-refractivity contribution >= 4 is 29.3 Å². The summed E-state index contributed by atoms with van der Waals surface area (Å²) in [4.78, 5) is 12.6. The van der Waals surface area contributed by atoms with Crippen molar-refractivity contribution < 1.29 is 5.11 Å². The van der Waals surface area contributed by atoms with Crippen molar-refractivity contribution in [2.75, 3.05) is 10.7 Å². The van der Waals surface area contributed by atoms with Crippen molar-refractivity contribution in [1.29, 1.82) is 5.26 Å². The molecule has 0 aliphatic carbocycles. The first-order chi connectivity index (χ1) is 12.3. The summed E-state index contributed by atoms with van der Waals surface area (Å²) < 4.78 is 0. The molecule has 26 heavy (non-hydrogen) atoms. The molecule has 0 unspecified atom stereocenters. The van der Waals surface area contributed by atoms with Crippen molar-refractivity contribution in [2.45, 2.75) is 32.7 Å². The van der Waals surface area contributed by atoms with Gasteiger partial charge >= 0.3 is 0 Å². The lowest BCUT2D eigenvalue weighted by molar-refractivity contribution is 0.474. The number of nitrogen functional groups attached to an aromatic ring is 1. The van der Waals surface area contributed by atoms with E-state index >= 15 is 0 Å². The molecule has 1 aliphatic heterocycles. The number of allylic oxidation sites excluding steroid dienone is 1. The van der Waals surface area contributed by atoms with Gasteiger partial charge < -0.3 is 10.8 Å². The molecule has 0 radical (unpaired) electrons. The predicted octanol–water partition coefficient (Wildman–Crippen LogP) is 2.59. The van der Waals surface area contributed by atoms with E-state index in [0.29, 0.717) is 5.56 Å². The van der Waals surface area contributed by atoms with Gasteiger partial charge in [-0.3, -0.25) is 0 Å². The molecule has 0 bridgehead atoms. The van der Waals surface area contributed by atoms with Crippen molar-refractivity contribution in [2.24, 2.45) is 5.10 Å². The minimum absolute atomic E-state index is 0.000938. The average Bonchev–Trinajstić information content (AvgIpc) is 2.86. The highest BCUT2D eigenvalue weighted by Gasteiger charge is 2.35. The van der Waals surface area contributed by atoms with E-state index in [9.17, 15) is 10.4 Å². The largest absolute Gasteiger partial charge is 0.507 e. The first kappa shape index (κ1) is 17.4. The van der Waals surface area contributed by atoms with Gasteiger partial charge in [0.1, 0.15) is 11.8 Å². The quantitative estimate of drug-likeness (QED) is 0.816. The smallest absolute Gasteiger partial charge is 0.252 e. The minimum atomic E-state index is -0.302. The highest BCUT2D eigenvalue weighted by molar-refractivity contribution is 5.89. The number of anilines is 2. The molecule has 1 aromatic carbocycles. The van der Waals surface area contributed by atoms with Crippen LogP contribution in [0.3, 0.4) is 0 Å². The molecule has 0 saturated heterocycles. The molecule has 0 fully saturated rings. The molecule has 3 N–H and O–H groups in total. The van der Waals surface area contributed by atoms with E-state index in [1.54, 1.807) is 23.2 Å². The first-order valence-corrected chi connectivity index (χ1v) is 8.06. The van der Waals surface area contributed by atoms with Gasteiger partial charge in [-0.05, 0) is 32.9 Å². The van der Waals surface area contributed by atoms with Crippen LogP contribution in [-0.4, -0.2) is 31.3 Å². The molecule has 3 rings (SSSR count). The molecule has 0 atom stereocenters. The molecular weight excluding hydrogens is 330 g/mol. The molecule has 8 nitrogen and oxygen atoms in total. The van der Waals surface area contributed by atoms with Gasteiger partial charge in [0.2, 0.25) is 5.95 Å². The van der Waals surface area contributed by atoms with Gasteiger partial charge in [0.25, 0.3) is 5.95 Å². The predicted molar refractivity (Wildman–Crippen MR) is 100 cm³/mol. The second-order valence-corrected chi connectivity index (χ2v) is 6.68. The summed E-state index contributed by atoms with van der Waals surface area (Å²) in [5.74, 6) is 0.476. The lowest BCUT2D eigenvalue weighted by Gasteiger charge is -2.28. The number of nitrogens with zero attached hydrogens (tertiary/aromatic N) is 6. The van der Waals surface area contributed by atoms with Gasteiger partial charge in [-0.2, -0.15) is 25.3 Å². The van der Waals surface area contributed by atoms with Crippen LogP contribution in [0.25, 0.3) is 11.6 Å². The third-order valence-electron chi connectivity index (χ3n) is 3.96. The van der Waals surface area contributed by atoms with Crippen molar-refractivity contribution in [3.63, 3.8) is 0 Å². The van der Waals surface area contributed by atoms with Crippen LogP contribution in [0, 0.1) is 11.3 Å². The van der Waals surface area contributed by atoms with Crippen LogP contribution in [0.5, 0.6) is 5.75 Å². The topological polar surface area (TPSA) is 124 Å². The molecule has 1 aliphatic rings. The standard InChI is InChI=1S/C18H19N7O/c1-11-9-18(2,3)25(24-11)17-22-15(21-16(20)23-17)13(10-19)8-12-6-4-5-7-14(12)26/h4-8,26H,9H2,1-3H3,(H2,20,21,22,23)/b13-8+. The average molecular weight is 349 g/mol. The molecule has 132 valence electrons. The Hall–Kier alpha value is -3.47. The summed E-state index contributed by atoms with van der Waals surface area (Å²) in [7, 11) is 0. The fourth-order valence-corrected chi connectivity index (χ4v) is 2.87. The molecule has 0 amide bonds. The molecule has 1 aromatic heterocycles. The van der Waals surface area contributed by atoms with Crippen LogP contribution in [0.2, 0.25) is 0 Å². The number of phenols is 1. The van der Waals surface area contributed by atoms with E-state index < -0.39 is 0 Å². The highest BCUT2D eigenvalue weighted by Crippen LogP contribution is 2.31. The monoisotopic (exact) mass is 349 g/mol. The van der Waals surface area contributed by atoms with Gasteiger partial charge in [-0.15, -0.1) is 0 Å². The van der Waals surface area contributed by atoms with Gasteiger partial charge in [-0.1, -0.05) is 18.2 Å². The van der Waals surface area contributed by atoms with Crippen molar-refractivity contribution in [3.8, 4) is 11.8 Å². The summed E-state index contributed by atoms with van der Waals surface area (Å²) >= 11 is 0. The highest BCUT2D eigenvalue weighted by atomic mass is 16.3. The minimum Gasteiger partial charge on any atom is -0.507 e. The fraction of sp³-hybridized carbons (Fsp3) is 0.278. The maximum Gasteiger partial charge on any atom is 0.252 e. The summed E-state index contributed by atoms with van der Waals surface area (Å²) in [6.45, 7) is 5.98. The molecule has 8 heteroatoms. The number of nitrogens with two attached hydrogens (primary N) is 1. The van der Waals surface area contributed by atoms with Gasteiger partial charge in [0, 0.05) is 17.7 Å². The number of hydrazone groups is 1. The number of hydrogen-bond acceptors (Lipinski definition) is 8. The van der Waals surface area contributed by atoms with E-state index in [0.717, 1.165) is 12.1 Å². The summed E-state index contributed by atoms with van der Waals surface area (Å²) in [6.07, 6.45) is 2.28. The van der Waals surface area contributed by atoms with E-state index in [1.165, 1.54) is 12.1 Å². The van der Waals surface area contributed by atoms with Crippen LogP contribution in [0.1, 0.15) is 38.6 Å². The third-order valence-corrected chi connectivity index (χ3v) is 3.96. The van der Waals surface area contributed by atoms with Crippen LogP contribution in [0.15, 0.2) is 29.4 Å². The normalized spacial score (nSPS) is 16.3. The van der Waals surface area contributed by atoms with Crippen molar-refractivity contribution in [1.82, 2.24) is 15.0 Å². The maximum atomic E-state index is 9.92. The Kier molecular flexibility index (Phi) is 4.30. The van der Waals surface area contributed by atoms with Crippen molar-refractivity contribution in [3.05, 3.63) is 35.7 Å². The van der Waals surface area contributed by atoms with E-state index in [4.69, 9.17) is 5.73 Å². The summed E-state index contributed by atoms with van der Waals surface area (Å²) in [5.41, 5.74) is 7.15. The Morgan fingerprint density at radius 1 is 1.31 bits per heavy atom. The second kappa shape index (κ2) is 6.44. The first-order valence-electron chi connectivity index (χ1n) is 8.06. The van der Waals surface area contributed by atoms with Gasteiger partial charge in [0.05, 0.1) is 11.1 Å². The lowest BCUT2D eigenvalue weighted by Crippen LogP contribution is -2.37. The van der Waals surface area contributed by atoms with Crippen LogP contribution >= 0.6 is 0 Å². The zero-order valence-corrected chi connectivity index (χ0v) is 14.8. The maximum absolute atomic E-state index is 9.92.